The van der Waals surface area contributed by atoms with Gasteiger partial charge in [-0.05, 0) is 30.7 Å². The summed E-state index contributed by atoms with van der Waals surface area (Å²) in [5.74, 6) is -0.0901. The average Bonchev–Trinajstić information content (AvgIpc) is 3.07. The molecule has 1 aliphatic rings. The molecule has 0 bridgehead atoms. The Morgan fingerprint density at radius 2 is 2.35 bits per heavy atom. The largest absolute Gasteiger partial charge is 0.357 e. The molecule has 1 aromatic rings. The number of nitrogens with one attached hydrogen (secondary N) is 1. The second kappa shape index (κ2) is 6.85. The molecule has 0 saturated carbocycles. The van der Waals surface area contributed by atoms with Gasteiger partial charge in [0, 0.05) is 30.9 Å². The lowest BCUT2D eigenvalue weighted by Crippen LogP contribution is -2.44. The Hall–Kier alpha value is -1.40. The Kier molecular flexibility index (Phi) is 5.14. The van der Waals surface area contributed by atoms with E-state index in [4.69, 9.17) is 5.73 Å². The highest BCUT2D eigenvalue weighted by Crippen LogP contribution is 2.19. The first kappa shape index (κ1) is 15.0. The summed E-state index contributed by atoms with van der Waals surface area (Å²) in [5, 5.41) is 4.64. The molecule has 20 heavy (non-hydrogen) atoms. The van der Waals surface area contributed by atoms with Gasteiger partial charge in [-0.3, -0.25) is 9.59 Å². The second-order valence-corrected chi connectivity index (χ2v) is 6.14. The van der Waals surface area contributed by atoms with Crippen LogP contribution < -0.4 is 11.1 Å². The van der Waals surface area contributed by atoms with E-state index in [0.29, 0.717) is 19.4 Å². The van der Waals surface area contributed by atoms with Crippen molar-refractivity contribution in [1.82, 2.24) is 10.2 Å². The van der Waals surface area contributed by atoms with E-state index >= 15 is 0 Å². The van der Waals surface area contributed by atoms with Gasteiger partial charge >= 0.3 is 0 Å². The van der Waals surface area contributed by atoms with Gasteiger partial charge in [0.15, 0.2) is 0 Å². The van der Waals surface area contributed by atoms with E-state index in [1.165, 1.54) is 4.88 Å². The number of aryl methyl sites for hydroxylation is 1. The lowest BCUT2D eigenvalue weighted by Gasteiger charge is -2.23. The van der Waals surface area contributed by atoms with Crippen LogP contribution in [-0.2, 0) is 16.0 Å². The lowest BCUT2D eigenvalue weighted by molar-refractivity contribution is -0.138. The number of nitrogens with zero attached hydrogens (tertiary/aromatic N) is 1. The molecule has 2 amide bonds. The van der Waals surface area contributed by atoms with E-state index in [2.05, 4.69) is 11.4 Å². The van der Waals surface area contributed by atoms with Gasteiger partial charge in [-0.1, -0.05) is 6.07 Å². The molecule has 1 aliphatic heterocycles. The van der Waals surface area contributed by atoms with Crippen LogP contribution in [0.1, 0.15) is 24.1 Å². The van der Waals surface area contributed by atoms with Crippen molar-refractivity contribution in [2.24, 2.45) is 5.73 Å². The standard InChI is InChI=1S/C14H21N3O2S/c1-16-14(19)12-8-10(15)9-17(12)13(18)6-2-4-11-5-3-7-20-11/h3,5,7,10,12H,2,4,6,8-9,15H2,1H3,(H,16,19)/t10-,12+/m1/s1. The SMILES string of the molecule is CNC(=O)[C@@H]1C[C@@H](N)CN1C(=O)CCCc1cccs1. The van der Waals surface area contributed by atoms with E-state index in [9.17, 15) is 9.59 Å². The molecule has 0 unspecified atom stereocenters. The van der Waals surface area contributed by atoms with Gasteiger partial charge in [0.1, 0.15) is 6.04 Å². The minimum absolute atomic E-state index is 0.0307. The topological polar surface area (TPSA) is 75.4 Å². The molecule has 0 spiro atoms. The number of hydrogen-bond donors (Lipinski definition) is 2. The van der Waals surface area contributed by atoms with Crippen molar-refractivity contribution in [2.75, 3.05) is 13.6 Å². The van der Waals surface area contributed by atoms with E-state index < -0.39 is 6.04 Å². The number of carbonyl (C=O) groups excluding carboxylic acids is 2. The van der Waals surface area contributed by atoms with Gasteiger partial charge in [0.05, 0.1) is 0 Å². The van der Waals surface area contributed by atoms with Crippen LogP contribution in [0, 0.1) is 0 Å². The molecule has 1 aromatic heterocycles. The number of hydrogen-bond acceptors (Lipinski definition) is 4. The summed E-state index contributed by atoms with van der Waals surface area (Å²) >= 11 is 1.71. The maximum atomic E-state index is 12.2. The van der Waals surface area contributed by atoms with Crippen LogP contribution in [0.15, 0.2) is 17.5 Å². The highest BCUT2D eigenvalue weighted by molar-refractivity contribution is 7.09. The summed E-state index contributed by atoms with van der Waals surface area (Å²) in [6.07, 6.45) is 2.74. The molecule has 0 radical (unpaired) electrons. The highest BCUT2D eigenvalue weighted by atomic mass is 32.1. The van der Waals surface area contributed by atoms with Crippen LogP contribution >= 0.6 is 11.3 Å². The molecule has 0 aromatic carbocycles. The number of likely N-dealkylation sites (tertiary alicyclic amines) is 1. The van der Waals surface area contributed by atoms with E-state index in [-0.39, 0.29) is 17.9 Å². The Morgan fingerprint density at radius 3 is 3.00 bits per heavy atom. The molecule has 1 saturated heterocycles. The monoisotopic (exact) mass is 295 g/mol. The summed E-state index contributed by atoms with van der Waals surface area (Å²) in [4.78, 5) is 26.9. The number of nitrogens with two attached hydrogens (primary N) is 1. The van der Waals surface area contributed by atoms with Crippen LogP contribution in [0.25, 0.3) is 0 Å². The minimum Gasteiger partial charge on any atom is -0.357 e. The fraction of sp³-hybridized carbons (Fsp3) is 0.571. The summed E-state index contributed by atoms with van der Waals surface area (Å²) in [6.45, 7) is 0.482. The number of thiophene rings is 1. The van der Waals surface area contributed by atoms with Crippen LogP contribution in [0.2, 0.25) is 0 Å². The molecule has 1 fully saturated rings. The third-order valence-electron chi connectivity index (χ3n) is 3.60. The molecule has 0 aliphatic carbocycles. The molecule has 2 rings (SSSR count). The van der Waals surface area contributed by atoms with Crippen LogP contribution in [0.4, 0.5) is 0 Å². The fourth-order valence-corrected chi connectivity index (χ4v) is 3.32. The van der Waals surface area contributed by atoms with Crippen molar-refractivity contribution >= 4 is 23.2 Å². The zero-order valence-electron chi connectivity index (χ0n) is 11.7. The van der Waals surface area contributed by atoms with Crippen molar-refractivity contribution in [1.29, 1.82) is 0 Å². The predicted molar refractivity (Wildman–Crippen MR) is 79.4 cm³/mol. The van der Waals surface area contributed by atoms with Crippen LogP contribution in [0.3, 0.4) is 0 Å². The Bertz CT molecular complexity index is 461. The predicted octanol–water partition coefficient (Wildman–Crippen LogP) is 0.745. The van der Waals surface area contributed by atoms with E-state index in [0.717, 1.165) is 12.8 Å². The molecule has 110 valence electrons. The molecular formula is C14H21N3O2S. The zero-order chi connectivity index (χ0) is 14.5. The van der Waals surface area contributed by atoms with Crippen molar-refractivity contribution in [3.63, 3.8) is 0 Å². The molecule has 2 heterocycles. The quantitative estimate of drug-likeness (QED) is 0.841. The van der Waals surface area contributed by atoms with Gasteiger partial charge in [0.25, 0.3) is 0 Å². The Balaban J connectivity index is 1.85. The van der Waals surface area contributed by atoms with Gasteiger partial charge in [-0.2, -0.15) is 0 Å². The molecule has 3 N–H and O–H groups in total. The molecule has 6 heteroatoms. The zero-order valence-corrected chi connectivity index (χ0v) is 12.5. The van der Waals surface area contributed by atoms with Gasteiger partial charge < -0.3 is 16.0 Å². The third kappa shape index (κ3) is 3.58. The Morgan fingerprint density at radius 1 is 1.55 bits per heavy atom. The van der Waals surface area contributed by atoms with E-state index in [1.807, 2.05) is 11.4 Å². The average molecular weight is 295 g/mol. The van der Waals surface area contributed by atoms with Gasteiger partial charge in [0.2, 0.25) is 11.8 Å². The number of carbonyl (C=O) groups is 2. The van der Waals surface area contributed by atoms with Crippen molar-refractivity contribution in [3.8, 4) is 0 Å². The van der Waals surface area contributed by atoms with Crippen molar-refractivity contribution < 1.29 is 9.59 Å². The number of rotatable bonds is 5. The first-order chi connectivity index (χ1) is 9.61. The van der Waals surface area contributed by atoms with Crippen LogP contribution in [0.5, 0.6) is 0 Å². The Labute approximate surface area is 123 Å². The maximum Gasteiger partial charge on any atom is 0.242 e. The third-order valence-corrected chi connectivity index (χ3v) is 4.53. The number of likely N-dealkylation sites (N-methyl/N-ethyl adjacent to an activating group) is 1. The smallest absolute Gasteiger partial charge is 0.242 e. The second-order valence-electron chi connectivity index (χ2n) is 5.10. The normalized spacial score (nSPS) is 22.0. The van der Waals surface area contributed by atoms with E-state index in [1.54, 1.807) is 23.3 Å². The summed E-state index contributed by atoms with van der Waals surface area (Å²) in [7, 11) is 1.59. The summed E-state index contributed by atoms with van der Waals surface area (Å²) < 4.78 is 0. The first-order valence-corrected chi connectivity index (χ1v) is 7.78. The van der Waals surface area contributed by atoms with Gasteiger partial charge in [-0.25, -0.2) is 0 Å². The maximum absolute atomic E-state index is 12.2. The first-order valence-electron chi connectivity index (χ1n) is 6.91. The minimum atomic E-state index is -0.399. The van der Waals surface area contributed by atoms with Crippen molar-refractivity contribution in [2.45, 2.75) is 37.8 Å². The fourth-order valence-electron chi connectivity index (χ4n) is 2.57. The number of amides is 2. The molecule has 2 atom stereocenters. The highest BCUT2D eigenvalue weighted by Gasteiger charge is 2.37. The van der Waals surface area contributed by atoms with Gasteiger partial charge in [-0.15, -0.1) is 11.3 Å². The lowest BCUT2D eigenvalue weighted by atomic mass is 10.1. The summed E-state index contributed by atoms with van der Waals surface area (Å²) in [5.41, 5.74) is 5.88. The molecular weight excluding hydrogens is 274 g/mol. The van der Waals surface area contributed by atoms with Crippen LogP contribution in [-0.4, -0.2) is 42.4 Å². The van der Waals surface area contributed by atoms with Crippen molar-refractivity contribution in [3.05, 3.63) is 22.4 Å². The molecule has 5 nitrogen and oxygen atoms in total. The summed E-state index contributed by atoms with van der Waals surface area (Å²) in [6, 6.07) is 3.60.